The van der Waals surface area contributed by atoms with Crippen LogP contribution < -0.4 is 5.32 Å². The second kappa shape index (κ2) is 6.02. The van der Waals surface area contributed by atoms with E-state index in [9.17, 15) is 9.59 Å². The van der Waals surface area contributed by atoms with Crippen LogP contribution in [0.3, 0.4) is 0 Å². The van der Waals surface area contributed by atoms with Crippen molar-refractivity contribution in [3.8, 4) is 0 Å². The molecule has 7 nitrogen and oxygen atoms in total. The monoisotopic (exact) mass is 279 g/mol. The fraction of sp³-hybridized carbons (Fsp3) is 0.692. The standard InChI is InChI=1S/C13H21N5O2/c1-4-5-18-11(14-8-15-18)7-17-9(2)6-12(19)16-10(3)13(17)20/h8-10H,4-7H2,1-3H3,(H,16,19). The third-order valence-corrected chi connectivity index (χ3v) is 3.49. The summed E-state index contributed by atoms with van der Waals surface area (Å²) < 4.78 is 1.81. The van der Waals surface area contributed by atoms with Crippen molar-refractivity contribution < 1.29 is 9.59 Å². The lowest BCUT2D eigenvalue weighted by Crippen LogP contribution is -2.44. The van der Waals surface area contributed by atoms with Crippen molar-refractivity contribution in [2.24, 2.45) is 0 Å². The molecule has 1 N–H and O–H groups in total. The van der Waals surface area contributed by atoms with Gasteiger partial charge in [-0.25, -0.2) is 9.67 Å². The number of carbonyl (C=O) groups is 2. The van der Waals surface area contributed by atoms with Gasteiger partial charge in [-0.1, -0.05) is 6.92 Å². The van der Waals surface area contributed by atoms with E-state index in [1.54, 1.807) is 11.8 Å². The second-order valence-electron chi connectivity index (χ2n) is 5.21. The van der Waals surface area contributed by atoms with Gasteiger partial charge in [0.25, 0.3) is 0 Å². The van der Waals surface area contributed by atoms with Crippen molar-refractivity contribution in [1.82, 2.24) is 25.0 Å². The van der Waals surface area contributed by atoms with E-state index in [-0.39, 0.29) is 17.9 Å². The summed E-state index contributed by atoms with van der Waals surface area (Å²) in [6.07, 6.45) is 2.78. The van der Waals surface area contributed by atoms with Gasteiger partial charge >= 0.3 is 0 Å². The van der Waals surface area contributed by atoms with Crippen molar-refractivity contribution >= 4 is 11.8 Å². The Bertz CT molecular complexity index is 499. The van der Waals surface area contributed by atoms with Gasteiger partial charge in [0.15, 0.2) is 0 Å². The number of hydrogen-bond donors (Lipinski definition) is 1. The Balaban J connectivity index is 2.18. The summed E-state index contributed by atoms with van der Waals surface area (Å²) in [5, 5.41) is 6.86. The van der Waals surface area contributed by atoms with E-state index in [1.807, 2.05) is 11.6 Å². The molecule has 0 bridgehead atoms. The van der Waals surface area contributed by atoms with Crippen LogP contribution in [-0.2, 0) is 22.7 Å². The largest absolute Gasteiger partial charge is 0.345 e. The molecule has 20 heavy (non-hydrogen) atoms. The minimum Gasteiger partial charge on any atom is -0.345 e. The van der Waals surface area contributed by atoms with Crippen LogP contribution in [0.15, 0.2) is 6.33 Å². The molecule has 1 aliphatic heterocycles. The van der Waals surface area contributed by atoms with Gasteiger partial charge in [-0.05, 0) is 20.3 Å². The first kappa shape index (κ1) is 14.5. The summed E-state index contributed by atoms with van der Waals surface area (Å²) in [6.45, 7) is 6.83. The molecule has 1 aromatic heterocycles. The Morgan fingerprint density at radius 2 is 2.15 bits per heavy atom. The van der Waals surface area contributed by atoms with Crippen LogP contribution >= 0.6 is 0 Å². The van der Waals surface area contributed by atoms with E-state index in [4.69, 9.17) is 0 Å². The van der Waals surface area contributed by atoms with Gasteiger partial charge in [0.2, 0.25) is 11.8 Å². The molecule has 2 atom stereocenters. The predicted octanol–water partition coefficient (Wildman–Crippen LogP) is 0.314. The fourth-order valence-electron chi connectivity index (χ4n) is 2.40. The molecule has 2 unspecified atom stereocenters. The number of aromatic nitrogens is 3. The van der Waals surface area contributed by atoms with Gasteiger partial charge in [-0.3, -0.25) is 9.59 Å². The summed E-state index contributed by atoms with van der Waals surface area (Å²) in [5.41, 5.74) is 0. The molecule has 7 heteroatoms. The van der Waals surface area contributed by atoms with Crippen molar-refractivity contribution in [3.05, 3.63) is 12.2 Å². The Morgan fingerprint density at radius 1 is 1.40 bits per heavy atom. The molecular weight excluding hydrogens is 258 g/mol. The summed E-state index contributed by atoms with van der Waals surface area (Å²) in [6, 6.07) is -0.630. The minimum absolute atomic E-state index is 0.0746. The van der Waals surface area contributed by atoms with E-state index in [0.29, 0.717) is 13.0 Å². The lowest BCUT2D eigenvalue weighted by molar-refractivity contribution is -0.135. The average Bonchev–Trinajstić information content (AvgIpc) is 2.78. The molecule has 0 aliphatic carbocycles. The van der Waals surface area contributed by atoms with Crippen molar-refractivity contribution in [3.63, 3.8) is 0 Å². The van der Waals surface area contributed by atoms with Crippen LogP contribution in [0, 0.1) is 0 Å². The first-order chi connectivity index (χ1) is 9.52. The smallest absolute Gasteiger partial charge is 0.245 e. The van der Waals surface area contributed by atoms with Crippen LogP contribution in [0.25, 0.3) is 0 Å². The lowest BCUT2D eigenvalue weighted by atomic mass is 10.2. The normalized spacial score (nSPS) is 23.6. The number of rotatable bonds is 4. The third-order valence-electron chi connectivity index (χ3n) is 3.49. The summed E-state index contributed by atoms with van der Waals surface area (Å²) in [7, 11) is 0. The summed E-state index contributed by atoms with van der Waals surface area (Å²) >= 11 is 0. The molecular formula is C13H21N5O2. The van der Waals surface area contributed by atoms with Crippen LogP contribution in [-0.4, -0.2) is 43.6 Å². The van der Waals surface area contributed by atoms with Gasteiger partial charge in [0.05, 0.1) is 6.54 Å². The van der Waals surface area contributed by atoms with Crippen LogP contribution in [0.1, 0.15) is 39.4 Å². The molecule has 1 saturated heterocycles. The number of hydrogen-bond acceptors (Lipinski definition) is 4. The Morgan fingerprint density at radius 3 is 2.85 bits per heavy atom. The molecule has 0 spiro atoms. The molecule has 2 heterocycles. The zero-order chi connectivity index (χ0) is 14.7. The molecule has 0 saturated carbocycles. The average molecular weight is 279 g/mol. The lowest BCUT2D eigenvalue weighted by Gasteiger charge is -2.27. The van der Waals surface area contributed by atoms with E-state index in [2.05, 4.69) is 22.3 Å². The summed E-state index contributed by atoms with van der Waals surface area (Å²) in [4.78, 5) is 29.9. The van der Waals surface area contributed by atoms with Crippen LogP contribution in [0.2, 0.25) is 0 Å². The fourth-order valence-corrected chi connectivity index (χ4v) is 2.40. The summed E-state index contributed by atoms with van der Waals surface area (Å²) in [5.74, 6) is 0.596. The van der Waals surface area contributed by atoms with E-state index in [0.717, 1.165) is 18.8 Å². The molecule has 2 rings (SSSR count). The van der Waals surface area contributed by atoms with Crippen LogP contribution in [0.4, 0.5) is 0 Å². The highest BCUT2D eigenvalue weighted by atomic mass is 16.2. The zero-order valence-electron chi connectivity index (χ0n) is 12.2. The first-order valence-corrected chi connectivity index (χ1v) is 6.99. The number of nitrogens with zero attached hydrogens (tertiary/aromatic N) is 4. The SMILES string of the molecule is CCCn1ncnc1CN1C(=O)C(C)NC(=O)CC1C. The molecule has 1 fully saturated rings. The maximum atomic E-state index is 12.4. The number of carbonyl (C=O) groups excluding carboxylic acids is 2. The second-order valence-corrected chi connectivity index (χ2v) is 5.21. The Labute approximate surface area is 118 Å². The molecule has 0 aromatic carbocycles. The van der Waals surface area contributed by atoms with Gasteiger partial charge in [0, 0.05) is 19.0 Å². The Kier molecular flexibility index (Phi) is 4.36. The highest BCUT2D eigenvalue weighted by Gasteiger charge is 2.32. The quantitative estimate of drug-likeness (QED) is 0.860. The number of amides is 2. The minimum atomic E-state index is -0.491. The first-order valence-electron chi connectivity index (χ1n) is 6.99. The van der Waals surface area contributed by atoms with Crippen molar-refractivity contribution in [2.75, 3.05) is 0 Å². The van der Waals surface area contributed by atoms with Gasteiger partial charge < -0.3 is 10.2 Å². The highest BCUT2D eigenvalue weighted by Crippen LogP contribution is 2.14. The molecule has 0 radical (unpaired) electrons. The topological polar surface area (TPSA) is 80.1 Å². The van der Waals surface area contributed by atoms with E-state index in [1.165, 1.54) is 6.33 Å². The predicted molar refractivity (Wildman–Crippen MR) is 72.5 cm³/mol. The van der Waals surface area contributed by atoms with Gasteiger partial charge in [-0.15, -0.1) is 0 Å². The maximum absolute atomic E-state index is 12.4. The van der Waals surface area contributed by atoms with E-state index >= 15 is 0 Å². The highest BCUT2D eigenvalue weighted by molar-refractivity contribution is 5.90. The Hall–Kier alpha value is -1.92. The number of nitrogens with one attached hydrogen (secondary N) is 1. The maximum Gasteiger partial charge on any atom is 0.245 e. The molecule has 110 valence electrons. The number of aryl methyl sites for hydroxylation is 1. The van der Waals surface area contributed by atoms with Crippen molar-refractivity contribution in [1.29, 1.82) is 0 Å². The molecule has 1 aliphatic rings. The molecule has 1 aromatic rings. The van der Waals surface area contributed by atoms with E-state index < -0.39 is 6.04 Å². The van der Waals surface area contributed by atoms with Crippen molar-refractivity contribution in [2.45, 2.75) is 58.8 Å². The molecule has 2 amide bonds. The van der Waals surface area contributed by atoms with Crippen LogP contribution in [0.5, 0.6) is 0 Å². The third kappa shape index (κ3) is 2.97. The van der Waals surface area contributed by atoms with Gasteiger partial charge in [-0.2, -0.15) is 5.10 Å². The van der Waals surface area contributed by atoms with Gasteiger partial charge in [0.1, 0.15) is 18.2 Å². The zero-order valence-corrected chi connectivity index (χ0v) is 12.2.